The minimum atomic E-state index is -0.328. The fourth-order valence-electron chi connectivity index (χ4n) is 2.82. The molecule has 0 radical (unpaired) electrons. The van der Waals surface area contributed by atoms with Crippen LogP contribution in [0.15, 0.2) is 52.0 Å². The van der Waals surface area contributed by atoms with Crippen LogP contribution in [0.5, 0.6) is 0 Å². The number of rotatable bonds is 7. The maximum absolute atomic E-state index is 12.3. The Bertz CT molecular complexity index is 1170. The molecule has 0 atom stereocenters. The summed E-state index contributed by atoms with van der Waals surface area (Å²) in [6, 6.07) is 7.45. The summed E-state index contributed by atoms with van der Waals surface area (Å²) in [5, 5.41) is 20.4. The van der Waals surface area contributed by atoms with Gasteiger partial charge in [-0.3, -0.25) is 0 Å². The molecule has 0 saturated heterocycles. The molecule has 30 heavy (non-hydrogen) atoms. The molecule has 10 heteroatoms. The van der Waals surface area contributed by atoms with Crippen LogP contribution in [0.25, 0.3) is 11.9 Å². The van der Waals surface area contributed by atoms with E-state index in [-0.39, 0.29) is 12.3 Å². The lowest BCUT2D eigenvalue weighted by Gasteiger charge is -2.13. The fraction of sp³-hybridized carbons (Fsp3) is 0.300. The first-order valence-corrected chi connectivity index (χ1v) is 9.44. The summed E-state index contributed by atoms with van der Waals surface area (Å²) in [6.07, 6.45) is 3.83. The lowest BCUT2D eigenvalue weighted by molar-refractivity contribution is 0.282. The van der Waals surface area contributed by atoms with E-state index in [0.717, 1.165) is 16.8 Å². The highest BCUT2D eigenvalue weighted by atomic mass is 16.5. The van der Waals surface area contributed by atoms with Crippen molar-refractivity contribution >= 4 is 17.8 Å². The van der Waals surface area contributed by atoms with E-state index < -0.39 is 0 Å². The molecule has 0 aliphatic heterocycles. The van der Waals surface area contributed by atoms with E-state index in [2.05, 4.69) is 32.3 Å². The van der Waals surface area contributed by atoms with Crippen molar-refractivity contribution in [2.45, 2.75) is 33.8 Å². The molecule has 2 heterocycles. The predicted octanol–water partition coefficient (Wildman–Crippen LogP) is 2.32. The third-order valence-corrected chi connectivity index (χ3v) is 4.55. The van der Waals surface area contributed by atoms with Crippen LogP contribution >= 0.6 is 0 Å². The second-order valence-corrected chi connectivity index (χ2v) is 6.53. The molecule has 10 nitrogen and oxygen atoms in total. The first-order valence-electron chi connectivity index (χ1n) is 9.44. The number of benzene rings is 1. The van der Waals surface area contributed by atoms with Gasteiger partial charge in [-0.05, 0) is 42.0 Å². The van der Waals surface area contributed by atoms with Crippen LogP contribution in [0.2, 0.25) is 0 Å². The van der Waals surface area contributed by atoms with Gasteiger partial charge < -0.3 is 4.74 Å². The Kier molecular flexibility index (Phi) is 6.35. The van der Waals surface area contributed by atoms with Gasteiger partial charge in [0.05, 0.1) is 23.3 Å². The predicted molar refractivity (Wildman–Crippen MR) is 115 cm³/mol. The van der Waals surface area contributed by atoms with Gasteiger partial charge in [-0.1, -0.05) is 25.6 Å². The number of hydrogen-bond donors (Lipinski definition) is 0. The van der Waals surface area contributed by atoms with Gasteiger partial charge in [-0.2, -0.15) is 19.6 Å². The smallest absolute Gasteiger partial charge is 0.368 e. The summed E-state index contributed by atoms with van der Waals surface area (Å²) in [7, 11) is 1.55. The summed E-state index contributed by atoms with van der Waals surface area (Å²) in [6.45, 7) is 9.66. The van der Waals surface area contributed by atoms with Crippen LogP contribution in [-0.4, -0.2) is 41.2 Å². The van der Waals surface area contributed by atoms with Gasteiger partial charge >= 0.3 is 5.69 Å². The Balaban J connectivity index is 1.84. The molecule has 0 bridgehead atoms. The normalized spacial score (nSPS) is 12.3. The van der Waals surface area contributed by atoms with Crippen molar-refractivity contribution in [2.75, 3.05) is 0 Å². The summed E-state index contributed by atoms with van der Waals surface area (Å²) in [5.74, 6) is 0.472. The Labute approximate surface area is 173 Å². The second kappa shape index (κ2) is 9.12. The minimum Gasteiger partial charge on any atom is -0.475 e. The zero-order chi connectivity index (χ0) is 21.7. The Morgan fingerprint density at radius 1 is 1.27 bits per heavy atom. The maximum Gasteiger partial charge on any atom is 0.368 e. The van der Waals surface area contributed by atoms with Crippen LogP contribution < -0.4 is 5.69 Å². The number of nitrogens with zero attached hydrogens (tertiary/aromatic N) is 8. The monoisotopic (exact) mass is 408 g/mol. The number of aromatic nitrogens is 6. The number of tetrazole rings is 1. The molecule has 3 aromatic rings. The lowest BCUT2D eigenvalue weighted by atomic mass is 10.1. The summed E-state index contributed by atoms with van der Waals surface area (Å²) in [5.41, 5.74) is 3.57. The first kappa shape index (κ1) is 20.9. The summed E-state index contributed by atoms with van der Waals surface area (Å²) in [4.78, 5) is 12.3. The second-order valence-electron chi connectivity index (χ2n) is 6.53. The number of aryl methyl sites for hydroxylation is 2. The molecule has 0 aliphatic rings. The minimum absolute atomic E-state index is 0.219. The zero-order valence-electron chi connectivity index (χ0n) is 17.5. The van der Waals surface area contributed by atoms with E-state index in [9.17, 15) is 4.79 Å². The Morgan fingerprint density at radius 3 is 2.73 bits per heavy atom. The largest absolute Gasteiger partial charge is 0.475 e. The Morgan fingerprint density at radius 2 is 2.07 bits per heavy atom. The molecule has 1 aromatic carbocycles. The molecule has 3 rings (SSSR count). The van der Waals surface area contributed by atoms with Crippen molar-refractivity contribution in [1.29, 1.82) is 0 Å². The van der Waals surface area contributed by atoms with Gasteiger partial charge in [0.2, 0.25) is 5.90 Å². The number of ether oxygens (including phenoxy) is 1. The topological polar surface area (TPSA) is 104 Å². The molecule has 0 unspecified atom stereocenters. The molecule has 0 saturated carbocycles. The van der Waals surface area contributed by atoms with Gasteiger partial charge in [0.15, 0.2) is 0 Å². The fourth-order valence-corrected chi connectivity index (χ4v) is 2.82. The Hall–Kier alpha value is -3.82. The van der Waals surface area contributed by atoms with E-state index in [1.807, 2.05) is 45.0 Å². The van der Waals surface area contributed by atoms with Crippen molar-refractivity contribution < 1.29 is 4.74 Å². The molecule has 0 fully saturated rings. The molecule has 0 amide bonds. The zero-order valence-corrected chi connectivity index (χ0v) is 17.5. The first-order chi connectivity index (χ1) is 14.5. The molecular formula is C20H24N8O2. The highest BCUT2D eigenvalue weighted by molar-refractivity contribution is 5.98. The quantitative estimate of drug-likeness (QED) is 0.339. The van der Waals surface area contributed by atoms with Crippen molar-refractivity contribution in [3.8, 4) is 5.69 Å². The molecule has 0 spiro atoms. The maximum atomic E-state index is 12.3. The summed E-state index contributed by atoms with van der Waals surface area (Å²) < 4.78 is 9.98. The highest BCUT2D eigenvalue weighted by Gasteiger charge is 2.14. The van der Waals surface area contributed by atoms with Gasteiger partial charge in [-0.25, -0.2) is 9.48 Å². The number of hydrogen-bond acceptors (Lipinski definition) is 7. The molecule has 156 valence electrons. The van der Waals surface area contributed by atoms with E-state index in [1.165, 1.54) is 9.36 Å². The molecule has 2 aromatic heterocycles. The SMILES string of the molecule is C=Cn1nccc1/C(C)=N\N=C(/CC)OCc1c(C)cccc1-n1nnn(C)c1=O. The van der Waals surface area contributed by atoms with Crippen LogP contribution in [0.3, 0.4) is 0 Å². The lowest BCUT2D eigenvalue weighted by Crippen LogP contribution is -2.23. The van der Waals surface area contributed by atoms with Crippen LogP contribution in [0.4, 0.5) is 0 Å². The van der Waals surface area contributed by atoms with E-state index in [0.29, 0.717) is 23.7 Å². The van der Waals surface area contributed by atoms with E-state index >= 15 is 0 Å². The average molecular weight is 408 g/mol. The van der Waals surface area contributed by atoms with E-state index in [1.54, 1.807) is 24.1 Å². The van der Waals surface area contributed by atoms with Gasteiger partial charge in [0, 0.05) is 25.2 Å². The highest BCUT2D eigenvalue weighted by Crippen LogP contribution is 2.18. The van der Waals surface area contributed by atoms with Crippen LogP contribution in [-0.2, 0) is 18.4 Å². The standard InChI is InChI=1S/C20H24N8O2/c1-6-19(23-22-15(4)17-11-12-21-27(17)7-2)30-13-16-14(3)9-8-10-18(16)28-20(29)26(5)24-25-28/h7-12H,2,6,13H2,1,3-5H3/b22-15-,23-19+. The van der Waals surface area contributed by atoms with Gasteiger partial charge in [0.25, 0.3) is 0 Å². The van der Waals surface area contributed by atoms with Gasteiger partial charge in [-0.15, -0.1) is 5.10 Å². The molecule has 0 aliphatic carbocycles. The van der Waals surface area contributed by atoms with Crippen molar-refractivity contribution in [2.24, 2.45) is 17.3 Å². The molecular weight excluding hydrogens is 384 g/mol. The van der Waals surface area contributed by atoms with Crippen molar-refractivity contribution in [3.63, 3.8) is 0 Å². The van der Waals surface area contributed by atoms with Crippen molar-refractivity contribution in [3.05, 3.63) is 64.3 Å². The summed E-state index contributed by atoms with van der Waals surface area (Å²) >= 11 is 0. The third kappa shape index (κ3) is 4.27. The third-order valence-electron chi connectivity index (χ3n) is 4.55. The van der Waals surface area contributed by atoms with Crippen LogP contribution in [0.1, 0.15) is 37.1 Å². The average Bonchev–Trinajstić information content (AvgIpc) is 3.35. The van der Waals surface area contributed by atoms with Crippen molar-refractivity contribution in [1.82, 2.24) is 29.6 Å². The molecule has 0 N–H and O–H groups in total. The van der Waals surface area contributed by atoms with Crippen LogP contribution in [0, 0.1) is 6.92 Å². The van der Waals surface area contributed by atoms with Gasteiger partial charge in [0.1, 0.15) is 6.61 Å². The van der Waals surface area contributed by atoms with E-state index in [4.69, 9.17) is 4.74 Å².